The van der Waals surface area contributed by atoms with E-state index in [1.807, 2.05) is 18.3 Å². The first-order valence-electron chi connectivity index (χ1n) is 6.78. The Morgan fingerprint density at radius 3 is 2.79 bits per heavy atom. The Balaban J connectivity index is 2.03. The molecular weight excluding hydrogens is 234 g/mol. The number of hydrogen-bond donors (Lipinski definition) is 2. The van der Waals surface area contributed by atoms with E-state index in [4.69, 9.17) is 5.84 Å². The number of nitrogens with zero attached hydrogens (tertiary/aromatic N) is 1. The molecule has 0 spiro atoms. The topological polar surface area (TPSA) is 50.9 Å². The van der Waals surface area contributed by atoms with Crippen LogP contribution in [0, 0.1) is 0 Å². The van der Waals surface area contributed by atoms with Gasteiger partial charge in [0.2, 0.25) is 0 Å². The van der Waals surface area contributed by atoms with E-state index in [1.54, 1.807) is 0 Å². The van der Waals surface area contributed by atoms with E-state index in [9.17, 15) is 0 Å². The van der Waals surface area contributed by atoms with Crippen molar-refractivity contribution in [3.63, 3.8) is 0 Å². The lowest BCUT2D eigenvalue weighted by molar-refractivity contribution is 0.513. The molecule has 3 nitrogen and oxygen atoms in total. The summed E-state index contributed by atoms with van der Waals surface area (Å²) in [6.07, 6.45) is 4.75. The fourth-order valence-electron chi connectivity index (χ4n) is 2.21. The minimum absolute atomic E-state index is 0.175. The normalized spacial score (nSPS) is 12.3. The van der Waals surface area contributed by atoms with Crippen molar-refractivity contribution in [2.75, 3.05) is 0 Å². The molecule has 1 unspecified atom stereocenters. The molecule has 0 aliphatic rings. The molecule has 0 fully saturated rings. The van der Waals surface area contributed by atoms with Crippen molar-refractivity contribution in [1.82, 2.24) is 10.4 Å². The van der Waals surface area contributed by atoms with E-state index < -0.39 is 0 Å². The average Bonchev–Trinajstić information content (AvgIpc) is 2.49. The van der Waals surface area contributed by atoms with Crippen LogP contribution in [-0.2, 0) is 12.8 Å². The fourth-order valence-corrected chi connectivity index (χ4v) is 2.21. The number of nitrogens with two attached hydrogens (primary N) is 1. The number of benzene rings is 1. The molecule has 1 heterocycles. The summed E-state index contributed by atoms with van der Waals surface area (Å²) in [4.78, 5) is 4.34. The molecule has 0 bridgehead atoms. The maximum absolute atomic E-state index is 5.69. The Kier molecular flexibility index (Phi) is 5.07. The zero-order chi connectivity index (χ0) is 13.5. The lowest BCUT2D eigenvalue weighted by Gasteiger charge is -2.17. The van der Waals surface area contributed by atoms with Crippen LogP contribution in [0.4, 0.5) is 0 Å². The van der Waals surface area contributed by atoms with Gasteiger partial charge in [0.15, 0.2) is 0 Å². The SMILES string of the molecule is CCc1cccc(C(CCc2ccccn2)NN)c1. The molecule has 0 saturated carbocycles. The summed E-state index contributed by atoms with van der Waals surface area (Å²) < 4.78 is 0. The summed E-state index contributed by atoms with van der Waals surface area (Å²) in [5, 5.41) is 0. The molecule has 2 rings (SSSR count). The van der Waals surface area contributed by atoms with E-state index in [0.29, 0.717) is 0 Å². The minimum Gasteiger partial charge on any atom is -0.271 e. The first-order chi connectivity index (χ1) is 9.33. The maximum Gasteiger partial charge on any atom is 0.0463 e. The van der Waals surface area contributed by atoms with Gasteiger partial charge in [-0.3, -0.25) is 16.3 Å². The van der Waals surface area contributed by atoms with E-state index in [2.05, 4.69) is 47.7 Å². The van der Waals surface area contributed by atoms with Crippen LogP contribution in [0.15, 0.2) is 48.7 Å². The summed E-state index contributed by atoms with van der Waals surface area (Å²) in [5.41, 5.74) is 6.61. The van der Waals surface area contributed by atoms with E-state index in [-0.39, 0.29) is 6.04 Å². The third-order valence-corrected chi connectivity index (χ3v) is 3.38. The molecule has 1 aromatic heterocycles. The van der Waals surface area contributed by atoms with E-state index in [0.717, 1.165) is 25.0 Å². The second kappa shape index (κ2) is 7.02. The van der Waals surface area contributed by atoms with Gasteiger partial charge in [-0.05, 0) is 42.5 Å². The van der Waals surface area contributed by atoms with Gasteiger partial charge < -0.3 is 0 Å². The number of pyridine rings is 1. The van der Waals surface area contributed by atoms with Crippen molar-refractivity contribution >= 4 is 0 Å². The Morgan fingerprint density at radius 2 is 2.11 bits per heavy atom. The highest BCUT2D eigenvalue weighted by Crippen LogP contribution is 2.19. The Morgan fingerprint density at radius 1 is 1.21 bits per heavy atom. The standard InChI is InChI=1S/C16H21N3/c1-2-13-6-5-7-14(12-13)16(19-17)10-9-15-8-3-4-11-18-15/h3-8,11-12,16,19H,2,9-10,17H2,1H3. The number of nitrogens with one attached hydrogen (secondary N) is 1. The van der Waals surface area contributed by atoms with Gasteiger partial charge in [0.05, 0.1) is 0 Å². The van der Waals surface area contributed by atoms with Crippen LogP contribution >= 0.6 is 0 Å². The zero-order valence-corrected chi connectivity index (χ0v) is 11.3. The number of aryl methyl sites for hydroxylation is 2. The zero-order valence-electron chi connectivity index (χ0n) is 11.3. The summed E-state index contributed by atoms with van der Waals surface area (Å²) in [7, 11) is 0. The summed E-state index contributed by atoms with van der Waals surface area (Å²) in [6.45, 7) is 2.16. The van der Waals surface area contributed by atoms with Crippen LogP contribution in [0.2, 0.25) is 0 Å². The summed E-state index contributed by atoms with van der Waals surface area (Å²) in [5.74, 6) is 5.69. The van der Waals surface area contributed by atoms with E-state index in [1.165, 1.54) is 11.1 Å². The Hall–Kier alpha value is -1.71. The highest BCUT2D eigenvalue weighted by molar-refractivity contribution is 5.26. The smallest absolute Gasteiger partial charge is 0.0463 e. The first kappa shape index (κ1) is 13.7. The maximum atomic E-state index is 5.69. The lowest BCUT2D eigenvalue weighted by atomic mass is 9.99. The van der Waals surface area contributed by atoms with Crippen molar-refractivity contribution in [1.29, 1.82) is 0 Å². The molecular formula is C16H21N3. The third kappa shape index (κ3) is 3.88. The van der Waals surface area contributed by atoms with Gasteiger partial charge in [0.1, 0.15) is 0 Å². The van der Waals surface area contributed by atoms with Gasteiger partial charge in [0.25, 0.3) is 0 Å². The van der Waals surface area contributed by atoms with Crippen molar-refractivity contribution in [3.05, 3.63) is 65.5 Å². The van der Waals surface area contributed by atoms with Gasteiger partial charge >= 0.3 is 0 Å². The molecule has 3 N–H and O–H groups in total. The van der Waals surface area contributed by atoms with Crippen LogP contribution in [0.5, 0.6) is 0 Å². The van der Waals surface area contributed by atoms with Crippen LogP contribution in [0.25, 0.3) is 0 Å². The molecule has 3 heteroatoms. The number of hydrazine groups is 1. The summed E-state index contributed by atoms with van der Waals surface area (Å²) >= 11 is 0. The fraction of sp³-hybridized carbons (Fsp3) is 0.312. The number of aromatic nitrogens is 1. The van der Waals surface area contributed by atoms with Crippen LogP contribution in [-0.4, -0.2) is 4.98 Å². The number of rotatable bonds is 6. The molecule has 100 valence electrons. The minimum atomic E-state index is 0.175. The lowest BCUT2D eigenvalue weighted by Crippen LogP contribution is -2.28. The third-order valence-electron chi connectivity index (χ3n) is 3.38. The average molecular weight is 255 g/mol. The quantitative estimate of drug-likeness (QED) is 0.616. The van der Waals surface area contributed by atoms with Crippen LogP contribution < -0.4 is 11.3 Å². The predicted octanol–water partition coefficient (Wildman–Crippen LogP) is 2.78. The molecule has 19 heavy (non-hydrogen) atoms. The van der Waals surface area contributed by atoms with Crippen LogP contribution in [0.3, 0.4) is 0 Å². The molecule has 0 aliphatic carbocycles. The molecule has 0 aliphatic heterocycles. The van der Waals surface area contributed by atoms with Gasteiger partial charge in [-0.1, -0.05) is 37.3 Å². The van der Waals surface area contributed by atoms with Gasteiger partial charge in [-0.25, -0.2) is 0 Å². The van der Waals surface area contributed by atoms with Crippen molar-refractivity contribution in [3.8, 4) is 0 Å². The molecule has 0 saturated heterocycles. The van der Waals surface area contributed by atoms with Gasteiger partial charge in [0, 0.05) is 17.9 Å². The molecule has 0 amide bonds. The van der Waals surface area contributed by atoms with Crippen molar-refractivity contribution in [2.24, 2.45) is 5.84 Å². The Bertz CT molecular complexity index is 496. The second-order valence-corrected chi connectivity index (χ2v) is 4.68. The Labute approximate surface area is 114 Å². The highest BCUT2D eigenvalue weighted by Gasteiger charge is 2.10. The largest absolute Gasteiger partial charge is 0.271 e. The highest BCUT2D eigenvalue weighted by atomic mass is 15.2. The number of hydrogen-bond acceptors (Lipinski definition) is 3. The van der Waals surface area contributed by atoms with Crippen molar-refractivity contribution in [2.45, 2.75) is 32.2 Å². The summed E-state index contributed by atoms with van der Waals surface area (Å²) in [6, 6.07) is 14.8. The first-order valence-corrected chi connectivity index (χ1v) is 6.78. The van der Waals surface area contributed by atoms with E-state index >= 15 is 0 Å². The van der Waals surface area contributed by atoms with Gasteiger partial charge in [-0.2, -0.15) is 0 Å². The molecule has 1 atom stereocenters. The van der Waals surface area contributed by atoms with Crippen LogP contribution in [0.1, 0.15) is 36.2 Å². The second-order valence-electron chi connectivity index (χ2n) is 4.68. The molecule has 0 radical (unpaired) electrons. The van der Waals surface area contributed by atoms with Crippen molar-refractivity contribution < 1.29 is 0 Å². The van der Waals surface area contributed by atoms with Gasteiger partial charge in [-0.15, -0.1) is 0 Å². The predicted molar refractivity (Wildman–Crippen MR) is 78.4 cm³/mol. The molecule has 2 aromatic rings. The monoisotopic (exact) mass is 255 g/mol. The molecule has 1 aromatic carbocycles.